The van der Waals surface area contributed by atoms with Crippen LogP contribution in [0, 0.1) is 0 Å². The normalized spacial score (nSPS) is 16.4. The lowest BCUT2D eigenvalue weighted by Crippen LogP contribution is -2.11. The minimum absolute atomic E-state index is 0.704. The molecule has 0 amide bonds. The van der Waals surface area contributed by atoms with Crippen LogP contribution in [0.2, 0.25) is 0 Å². The van der Waals surface area contributed by atoms with Crippen LogP contribution in [0.15, 0.2) is 34.2 Å². The maximum atomic E-state index is 10.6. The number of hydrogen-bond donors (Lipinski definition) is 1. The fourth-order valence-electron chi connectivity index (χ4n) is 1.50. The summed E-state index contributed by atoms with van der Waals surface area (Å²) < 4.78 is 5.13. The van der Waals surface area contributed by atoms with E-state index in [2.05, 4.69) is 0 Å². The number of hydrogen-bond acceptors (Lipinski definition) is 4. The molecule has 0 unspecified atom stereocenters. The number of nitrogens with zero attached hydrogens (tertiary/aromatic N) is 1. The number of carbonyl (C=O) groups is 1. The second-order valence-corrected chi connectivity index (χ2v) is 4.38. The molecule has 0 aliphatic carbocycles. The van der Waals surface area contributed by atoms with Crippen LogP contribution < -0.4 is 9.64 Å². The molecule has 0 radical (unpaired) electrons. The molecule has 0 fully saturated rings. The molecule has 1 aromatic carbocycles. The summed E-state index contributed by atoms with van der Waals surface area (Å²) in [5, 5.41) is 9.43. The maximum absolute atomic E-state index is 10.6. The summed E-state index contributed by atoms with van der Waals surface area (Å²) >= 11 is 1.44. The fraction of sp³-hybridized carbons (Fsp3) is 0.182. The Kier molecular flexibility index (Phi) is 2.78. The molecule has 1 heterocycles. The Hall–Kier alpha value is -1.62. The number of fused-ring (bicyclic) bond motifs is 1. The predicted octanol–water partition coefficient (Wildman–Crippen LogP) is 2.16. The average molecular weight is 237 g/mol. The Labute approximate surface area is 97.5 Å². The van der Waals surface area contributed by atoms with Gasteiger partial charge in [-0.2, -0.15) is 0 Å². The van der Waals surface area contributed by atoms with Gasteiger partial charge in [0, 0.05) is 18.0 Å². The molecule has 0 bridgehead atoms. The number of rotatable bonds is 2. The summed E-state index contributed by atoms with van der Waals surface area (Å²) in [5.41, 5.74) is 0.969. The van der Waals surface area contributed by atoms with Crippen molar-refractivity contribution in [3.8, 4) is 5.75 Å². The molecule has 1 N–H and O–H groups in total. The third-order valence-electron chi connectivity index (χ3n) is 2.32. The van der Waals surface area contributed by atoms with Gasteiger partial charge < -0.3 is 14.7 Å². The van der Waals surface area contributed by atoms with Crippen molar-refractivity contribution in [2.45, 2.75) is 4.90 Å². The highest BCUT2D eigenvalue weighted by molar-refractivity contribution is 8.03. The highest BCUT2D eigenvalue weighted by atomic mass is 32.2. The summed E-state index contributed by atoms with van der Waals surface area (Å²) in [4.78, 5) is 13.5. The van der Waals surface area contributed by atoms with Gasteiger partial charge in [0.05, 0.1) is 23.9 Å². The van der Waals surface area contributed by atoms with E-state index in [9.17, 15) is 4.79 Å². The molecular formula is C11H11NO3S. The lowest BCUT2D eigenvalue weighted by Gasteiger charge is -2.13. The van der Waals surface area contributed by atoms with E-state index in [0.29, 0.717) is 5.03 Å². The van der Waals surface area contributed by atoms with Crippen molar-refractivity contribution in [3.05, 3.63) is 29.3 Å². The van der Waals surface area contributed by atoms with E-state index >= 15 is 0 Å². The van der Waals surface area contributed by atoms with Crippen molar-refractivity contribution < 1.29 is 14.6 Å². The fourth-order valence-corrected chi connectivity index (χ4v) is 2.56. The summed E-state index contributed by atoms with van der Waals surface area (Å²) in [6.45, 7) is 0. The van der Waals surface area contributed by atoms with E-state index in [0.717, 1.165) is 16.3 Å². The quantitative estimate of drug-likeness (QED) is 0.799. The minimum Gasteiger partial charge on any atom is -0.497 e. The van der Waals surface area contributed by atoms with Gasteiger partial charge in [-0.25, -0.2) is 4.79 Å². The zero-order valence-corrected chi connectivity index (χ0v) is 9.75. The van der Waals surface area contributed by atoms with Crippen molar-refractivity contribution >= 4 is 23.4 Å². The molecule has 0 aromatic heterocycles. The van der Waals surface area contributed by atoms with Crippen LogP contribution in [-0.2, 0) is 4.79 Å². The van der Waals surface area contributed by atoms with Gasteiger partial charge in [0.2, 0.25) is 0 Å². The monoisotopic (exact) mass is 237 g/mol. The van der Waals surface area contributed by atoms with Crippen LogP contribution in [0.1, 0.15) is 0 Å². The van der Waals surface area contributed by atoms with Crippen molar-refractivity contribution in [2.75, 3.05) is 19.1 Å². The zero-order chi connectivity index (χ0) is 11.7. The molecule has 0 spiro atoms. The highest BCUT2D eigenvalue weighted by Gasteiger charge is 2.23. The largest absolute Gasteiger partial charge is 0.497 e. The number of carboxylic acids is 1. The number of methoxy groups -OCH3 is 1. The predicted molar refractivity (Wildman–Crippen MR) is 63.0 cm³/mol. The van der Waals surface area contributed by atoms with Gasteiger partial charge >= 0.3 is 5.97 Å². The standard InChI is InChI=1S/C11H11NO3S/c1-12-8-5-7(15-2)3-4-9(8)16-10(12)6-11(13)14/h3-6H,1-2H3,(H,13,14)/b10-6-. The lowest BCUT2D eigenvalue weighted by molar-refractivity contribution is -0.131. The van der Waals surface area contributed by atoms with Gasteiger partial charge in [-0.3, -0.25) is 0 Å². The topological polar surface area (TPSA) is 49.8 Å². The number of anilines is 1. The Morgan fingerprint density at radius 1 is 1.56 bits per heavy atom. The van der Waals surface area contributed by atoms with Gasteiger partial charge in [-0.1, -0.05) is 11.8 Å². The van der Waals surface area contributed by atoms with E-state index in [1.165, 1.54) is 17.8 Å². The van der Waals surface area contributed by atoms with Gasteiger partial charge in [0.1, 0.15) is 5.75 Å². The lowest BCUT2D eigenvalue weighted by atomic mass is 10.3. The van der Waals surface area contributed by atoms with Crippen LogP contribution in [0.3, 0.4) is 0 Å². The van der Waals surface area contributed by atoms with Crippen molar-refractivity contribution in [1.29, 1.82) is 0 Å². The van der Waals surface area contributed by atoms with E-state index in [1.54, 1.807) is 7.11 Å². The van der Waals surface area contributed by atoms with E-state index in [4.69, 9.17) is 9.84 Å². The molecule has 5 heteroatoms. The Morgan fingerprint density at radius 2 is 2.31 bits per heavy atom. The molecule has 16 heavy (non-hydrogen) atoms. The number of carboxylic acid groups (broad SMARTS) is 1. The molecule has 1 aromatic rings. The molecule has 1 aliphatic rings. The van der Waals surface area contributed by atoms with Crippen LogP contribution >= 0.6 is 11.8 Å². The van der Waals surface area contributed by atoms with Crippen molar-refractivity contribution in [2.24, 2.45) is 0 Å². The van der Waals surface area contributed by atoms with Crippen LogP contribution in [0.4, 0.5) is 5.69 Å². The second-order valence-electron chi connectivity index (χ2n) is 3.32. The first kappa shape index (κ1) is 10.9. The molecule has 2 rings (SSSR count). The first-order valence-corrected chi connectivity index (χ1v) is 5.47. The van der Waals surface area contributed by atoms with Crippen LogP contribution in [0.25, 0.3) is 0 Å². The number of ether oxygens (including phenoxy) is 1. The van der Waals surface area contributed by atoms with Crippen molar-refractivity contribution in [3.63, 3.8) is 0 Å². The molecular weight excluding hydrogens is 226 g/mol. The molecule has 84 valence electrons. The SMILES string of the molecule is COc1ccc2c(c1)N(C)/C(=C/C(=O)O)S2. The smallest absolute Gasteiger partial charge is 0.330 e. The average Bonchev–Trinajstić information content (AvgIpc) is 2.55. The minimum atomic E-state index is -0.936. The Morgan fingerprint density at radius 3 is 2.94 bits per heavy atom. The van der Waals surface area contributed by atoms with Gasteiger partial charge in [-0.05, 0) is 12.1 Å². The first-order valence-electron chi connectivity index (χ1n) is 4.66. The highest BCUT2D eigenvalue weighted by Crippen LogP contribution is 2.46. The Balaban J connectivity index is 2.38. The molecule has 0 saturated carbocycles. The van der Waals surface area contributed by atoms with Crippen LogP contribution in [-0.4, -0.2) is 25.2 Å². The Bertz CT molecular complexity index is 470. The third kappa shape index (κ3) is 1.86. The van der Waals surface area contributed by atoms with Gasteiger partial charge in [0.25, 0.3) is 0 Å². The second kappa shape index (κ2) is 4.09. The van der Waals surface area contributed by atoms with E-state index < -0.39 is 5.97 Å². The third-order valence-corrected chi connectivity index (χ3v) is 3.49. The molecule has 0 saturated heterocycles. The first-order chi connectivity index (χ1) is 7.61. The summed E-state index contributed by atoms with van der Waals surface area (Å²) in [6.07, 6.45) is 1.21. The van der Waals surface area contributed by atoms with Gasteiger partial charge in [0.15, 0.2) is 0 Å². The molecule has 1 aliphatic heterocycles. The number of benzene rings is 1. The summed E-state index contributed by atoms with van der Waals surface area (Å²) in [7, 11) is 3.45. The van der Waals surface area contributed by atoms with Gasteiger partial charge in [-0.15, -0.1) is 0 Å². The summed E-state index contributed by atoms with van der Waals surface area (Å²) in [5.74, 6) is -0.170. The summed E-state index contributed by atoms with van der Waals surface area (Å²) in [6, 6.07) is 5.69. The van der Waals surface area contributed by atoms with Crippen molar-refractivity contribution in [1.82, 2.24) is 0 Å². The molecule has 4 nitrogen and oxygen atoms in total. The van der Waals surface area contributed by atoms with E-state index in [1.807, 2.05) is 30.1 Å². The molecule has 0 atom stereocenters. The number of aliphatic carboxylic acids is 1. The zero-order valence-electron chi connectivity index (χ0n) is 8.93. The van der Waals surface area contributed by atoms with Crippen LogP contribution in [0.5, 0.6) is 5.75 Å². The maximum Gasteiger partial charge on any atom is 0.330 e. The van der Waals surface area contributed by atoms with E-state index in [-0.39, 0.29) is 0 Å². The number of thioether (sulfide) groups is 1.